The third-order valence-electron chi connectivity index (χ3n) is 2.87. The molecule has 0 radical (unpaired) electrons. The van der Waals surface area contributed by atoms with Gasteiger partial charge >= 0.3 is 0 Å². The lowest BCUT2D eigenvalue weighted by Gasteiger charge is -2.28. The van der Waals surface area contributed by atoms with E-state index in [1.807, 2.05) is 38.1 Å². The van der Waals surface area contributed by atoms with E-state index in [4.69, 9.17) is 4.74 Å². The molecule has 0 fully saturated rings. The van der Waals surface area contributed by atoms with Crippen molar-refractivity contribution in [2.45, 2.75) is 38.6 Å². The van der Waals surface area contributed by atoms with Crippen molar-refractivity contribution in [2.75, 3.05) is 0 Å². The predicted molar refractivity (Wildman–Crippen MR) is 66.8 cm³/mol. The second-order valence-electron chi connectivity index (χ2n) is 5.02. The van der Waals surface area contributed by atoms with Crippen LogP contribution in [0.3, 0.4) is 0 Å². The molecular formula is C14H18O3. The van der Waals surface area contributed by atoms with Gasteiger partial charge in [-0.1, -0.05) is 12.1 Å². The van der Waals surface area contributed by atoms with E-state index >= 15 is 0 Å². The van der Waals surface area contributed by atoms with E-state index in [-0.39, 0.29) is 5.60 Å². The molecule has 1 aromatic carbocycles. The number of hydrogen-bond donors (Lipinski definition) is 2. The van der Waals surface area contributed by atoms with Gasteiger partial charge in [-0.2, -0.15) is 0 Å². The fourth-order valence-corrected chi connectivity index (χ4v) is 1.86. The topological polar surface area (TPSA) is 49.7 Å². The summed E-state index contributed by atoms with van der Waals surface area (Å²) in [4.78, 5) is 0. The number of aliphatic hydroxyl groups excluding tert-OH is 2. The highest BCUT2D eigenvalue weighted by Crippen LogP contribution is 2.33. The summed E-state index contributed by atoms with van der Waals surface area (Å²) in [5.74, 6) is 0.805. The van der Waals surface area contributed by atoms with Crippen molar-refractivity contribution in [1.29, 1.82) is 0 Å². The van der Waals surface area contributed by atoms with Crippen molar-refractivity contribution < 1.29 is 14.9 Å². The van der Waals surface area contributed by atoms with Gasteiger partial charge in [0.25, 0.3) is 0 Å². The Kier molecular flexibility index (Phi) is 2.98. The van der Waals surface area contributed by atoms with Crippen molar-refractivity contribution in [3.05, 3.63) is 35.4 Å². The van der Waals surface area contributed by atoms with E-state index in [9.17, 15) is 10.2 Å². The summed E-state index contributed by atoms with van der Waals surface area (Å²) in [6.45, 7) is 5.55. The minimum atomic E-state index is -0.858. The summed E-state index contributed by atoms with van der Waals surface area (Å²) in [6.07, 6.45) is 2.33. The van der Waals surface area contributed by atoms with Gasteiger partial charge in [0.15, 0.2) is 0 Å². The lowest BCUT2D eigenvalue weighted by atomic mass is 9.98. The van der Waals surface area contributed by atoms with Crippen LogP contribution in [-0.2, 0) is 0 Å². The van der Waals surface area contributed by atoms with Gasteiger partial charge in [0.1, 0.15) is 17.5 Å². The third kappa shape index (κ3) is 2.51. The number of fused-ring (bicyclic) bond motifs is 1. The number of hydrogen-bond acceptors (Lipinski definition) is 3. The van der Waals surface area contributed by atoms with E-state index < -0.39 is 12.2 Å². The highest BCUT2D eigenvalue weighted by Gasteiger charge is 2.22. The summed E-state index contributed by atoms with van der Waals surface area (Å²) in [5, 5.41) is 19.1. The van der Waals surface area contributed by atoms with Crippen molar-refractivity contribution in [1.82, 2.24) is 0 Å². The van der Waals surface area contributed by atoms with Crippen LogP contribution in [0.15, 0.2) is 24.3 Å². The Morgan fingerprint density at radius 2 is 1.94 bits per heavy atom. The summed E-state index contributed by atoms with van der Waals surface area (Å²) < 4.78 is 5.78. The average Bonchev–Trinajstić information content (AvgIpc) is 2.26. The summed E-state index contributed by atoms with van der Waals surface area (Å²) in [7, 11) is 0. The van der Waals surface area contributed by atoms with Gasteiger partial charge in [0.05, 0.1) is 6.10 Å². The molecule has 2 rings (SSSR count). The molecule has 1 aromatic rings. The first-order valence-corrected chi connectivity index (χ1v) is 5.77. The Morgan fingerprint density at radius 3 is 2.59 bits per heavy atom. The van der Waals surface area contributed by atoms with Crippen LogP contribution in [0.2, 0.25) is 0 Å². The van der Waals surface area contributed by atoms with Crippen LogP contribution in [0.5, 0.6) is 5.75 Å². The van der Waals surface area contributed by atoms with Crippen molar-refractivity contribution in [2.24, 2.45) is 0 Å². The first-order chi connectivity index (χ1) is 7.89. The SMILES string of the molecule is C[C@H](O)[C@H](O)c1ccc2c(c1)C=CC(C)(C)O2. The summed E-state index contributed by atoms with van der Waals surface area (Å²) in [5.41, 5.74) is 1.34. The predicted octanol–water partition coefficient (Wildman–Crippen LogP) is 2.29. The van der Waals surface area contributed by atoms with Crippen LogP contribution in [-0.4, -0.2) is 21.9 Å². The van der Waals surface area contributed by atoms with Gasteiger partial charge in [-0.05, 0) is 44.5 Å². The van der Waals surface area contributed by atoms with Crippen molar-refractivity contribution in [3.63, 3.8) is 0 Å². The first-order valence-electron chi connectivity index (χ1n) is 5.77. The molecule has 17 heavy (non-hydrogen) atoms. The third-order valence-corrected chi connectivity index (χ3v) is 2.87. The zero-order chi connectivity index (χ0) is 12.6. The zero-order valence-corrected chi connectivity index (χ0v) is 10.3. The van der Waals surface area contributed by atoms with Crippen molar-refractivity contribution in [3.8, 4) is 5.75 Å². The standard InChI is InChI=1S/C14H18O3/c1-9(15)13(16)11-4-5-12-10(8-11)6-7-14(2,3)17-12/h4-9,13,15-16H,1-3H3/t9-,13-/m0/s1. The Balaban J connectivity index is 2.34. The molecular weight excluding hydrogens is 216 g/mol. The normalized spacial score (nSPS) is 20.3. The minimum absolute atomic E-state index is 0.294. The van der Waals surface area contributed by atoms with Crippen LogP contribution in [0.1, 0.15) is 38.0 Å². The van der Waals surface area contributed by atoms with Gasteiger partial charge in [-0.15, -0.1) is 0 Å². The Labute approximate surface area is 101 Å². The van der Waals surface area contributed by atoms with E-state index in [1.165, 1.54) is 0 Å². The maximum absolute atomic E-state index is 9.79. The van der Waals surface area contributed by atoms with Gasteiger partial charge in [0, 0.05) is 5.56 Å². The van der Waals surface area contributed by atoms with E-state index in [2.05, 4.69) is 0 Å². The van der Waals surface area contributed by atoms with Gasteiger partial charge in [-0.3, -0.25) is 0 Å². The molecule has 1 aliphatic heterocycles. The summed E-state index contributed by atoms with van der Waals surface area (Å²) in [6, 6.07) is 5.46. The van der Waals surface area contributed by atoms with Crippen molar-refractivity contribution >= 4 is 6.08 Å². The molecule has 1 heterocycles. The molecule has 0 aromatic heterocycles. The number of benzene rings is 1. The van der Waals surface area contributed by atoms with Gasteiger partial charge in [-0.25, -0.2) is 0 Å². The van der Waals surface area contributed by atoms with Crippen LogP contribution in [0, 0.1) is 0 Å². The molecule has 0 saturated heterocycles. The van der Waals surface area contributed by atoms with Gasteiger partial charge in [0.2, 0.25) is 0 Å². The zero-order valence-electron chi connectivity index (χ0n) is 10.3. The molecule has 92 valence electrons. The van der Waals surface area contributed by atoms with Crippen LogP contribution < -0.4 is 4.74 Å². The maximum Gasteiger partial charge on any atom is 0.127 e. The largest absolute Gasteiger partial charge is 0.483 e. The van der Waals surface area contributed by atoms with E-state index in [0.717, 1.165) is 11.3 Å². The monoisotopic (exact) mass is 234 g/mol. The molecule has 2 N–H and O–H groups in total. The molecule has 0 saturated carbocycles. The van der Waals surface area contributed by atoms with Crippen LogP contribution in [0.4, 0.5) is 0 Å². The fourth-order valence-electron chi connectivity index (χ4n) is 1.86. The second-order valence-corrected chi connectivity index (χ2v) is 5.02. The second kappa shape index (κ2) is 4.17. The lowest BCUT2D eigenvalue weighted by molar-refractivity contribution is 0.0304. The molecule has 0 aliphatic carbocycles. The Morgan fingerprint density at radius 1 is 1.24 bits per heavy atom. The molecule has 0 spiro atoms. The average molecular weight is 234 g/mol. The number of aliphatic hydroxyl groups is 2. The maximum atomic E-state index is 9.79. The lowest BCUT2D eigenvalue weighted by Crippen LogP contribution is -2.27. The van der Waals surface area contributed by atoms with Crippen LogP contribution in [0.25, 0.3) is 6.08 Å². The molecule has 0 bridgehead atoms. The first kappa shape index (κ1) is 12.1. The molecule has 0 unspecified atom stereocenters. The Bertz CT molecular complexity index is 447. The van der Waals surface area contributed by atoms with E-state index in [0.29, 0.717) is 5.56 Å². The van der Waals surface area contributed by atoms with Crippen LogP contribution >= 0.6 is 0 Å². The summed E-state index contributed by atoms with van der Waals surface area (Å²) >= 11 is 0. The smallest absolute Gasteiger partial charge is 0.127 e. The fraction of sp³-hybridized carbons (Fsp3) is 0.429. The van der Waals surface area contributed by atoms with Gasteiger partial charge < -0.3 is 14.9 Å². The van der Waals surface area contributed by atoms with E-state index in [1.54, 1.807) is 13.0 Å². The number of rotatable bonds is 2. The molecule has 3 nitrogen and oxygen atoms in total. The molecule has 0 amide bonds. The molecule has 3 heteroatoms. The highest BCUT2D eigenvalue weighted by atomic mass is 16.5. The molecule has 2 atom stereocenters. The quantitative estimate of drug-likeness (QED) is 0.825. The molecule has 1 aliphatic rings. The highest BCUT2D eigenvalue weighted by molar-refractivity contribution is 5.62. The minimum Gasteiger partial charge on any atom is -0.483 e. The number of ether oxygens (including phenoxy) is 1. The Hall–Kier alpha value is -1.32.